The van der Waals surface area contributed by atoms with E-state index in [1.807, 2.05) is 50.2 Å². The van der Waals surface area contributed by atoms with Crippen LogP contribution in [0.25, 0.3) is 11.5 Å². The first-order chi connectivity index (χ1) is 9.52. The number of rotatable bonds is 5. The van der Waals surface area contributed by atoms with Crippen molar-refractivity contribution in [3.05, 3.63) is 35.7 Å². The summed E-state index contributed by atoms with van der Waals surface area (Å²) >= 11 is 0. The predicted octanol–water partition coefficient (Wildman–Crippen LogP) is 3.06. The first kappa shape index (κ1) is 14.1. The van der Waals surface area contributed by atoms with E-state index in [1.165, 1.54) is 0 Å². The molecule has 1 aromatic carbocycles. The largest absolute Gasteiger partial charge is 0.475 e. The molecule has 0 fully saturated rings. The van der Waals surface area contributed by atoms with Crippen LogP contribution in [0.5, 0.6) is 0 Å². The van der Waals surface area contributed by atoms with Crippen LogP contribution in [0.1, 0.15) is 29.6 Å². The van der Waals surface area contributed by atoms with Crippen LogP contribution >= 0.6 is 0 Å². The fourth-order valence-corrected chi connectivity index (χ4v) is 1.97. The number of carbonyl (C=O) groups is 1. The van der Waals surface area contributed by atoms with E-state index in [1.54, 1.807) is 0 Å². The van der Waals surface area contributed by atoms with Crippen LogP contribution in [0.3, 0.4) is 0 Å². The van der Waals surface area contributed by atoms with Crippen molar-refractivity contribution in [1.82, 2.24) is 4.98 Å². The average Bonchev–Trinajstić information content (AvgIpc) is 2.83. The molecule has 2 rings (SSSR count). The molecule has 106 valence electrons. The van der Waals surface area contributed by atoms with Gasteiger partial charge in [0.05, 0.1) is 5.69 Å². The zero-order chi connectivity index (χ0) is 14.7. The van der Waals surface area contributed by atoms with E-state index in [0.717, 1.165) is 17.7 Å². The topological polar surface area (TPSA) is 66.6 Å². The Balaban J connectivity index is 2.45. The van der Waals surface area contributed by atoms with E-state index >= 15 is 0 Å². The van der Waals surface area contributed by atoms with Crippen LogP contribution in [0, 0.1) is 0 Å². The number of carboxylic acid groups (broad SMARTS) is 1. The van der Waals surface area contributed by atoms with Crippen molar-refractivity contribution in [2.45, 2.75) is 19.8 Å². The first-order valence-corrected chi connectivity index (χ1v) is 6.53. The number of nitrogens with zero attached hydrogens (tertiary/aromatic N) is 2. The Labute approximate surface area is 117 Å². The fraction of sp³-hybridized carbons (Fsp3) is 0.333. The molecule has 0 spiro atoms. The Hall–Kier alpha value is -2.30. The second-order valence-corrected chi connectivity index (χ2v) is 4.79. The van der Waals surface area contributed by atoms with Gasteiger partial charge in [-0.25, -0.2) is 9.78 Å². The van der Waals surface area contributed by atoms with Gasteiger partial charge in [-0.1, -0.05) is 19.4 Å². The Bertz CT molecular complexity index is 617. The summed E-state index contributed by atoms with van der Waals surface area (Å²) < 4.78 is 5.42. The zero-order valence-corrected chi connectivity index (χ0v) is 11.9. The van der Waals surface area contributed by atoms with Gasteiger partial charge in [0.15, 0.2) is 0 Å². The molecule has 0 bridgehead atoms. The molecule has 1 heterocycles. The summed E-state index contributed by atoms with van der Waals surface area (Å²) in [4.78, 5) is 17.5. The second-order valence-electron chi connectivity index (χ2n) is 4.79. The Morgan fingerprint density at radius 3 is 2.75 bits per heavy atom. The summed E-state index contributed by atoms with van der Waals surface area (Å²) in [6.45, 7) is 1.98. The SMILES string of the molecule is CCCc1nc(-c2cccc(N(C)C)c2)oc1C(=O)O. The van der Waals surface area contributed by atoms with Crippen LogP contribution in [0.15, 0.2) is 28.7 Å². The monoisotopic (exact) mass is 274 g/mol. The van der Waals surface area contributed by atoms with Crippen LogP contribution in [-0.2, 0) is 6.42 Å². The lowest BCUT2D eigenvalue weighted by atomic mass is 10.2. The van der Waals surface area contributed by atoms with E-state index in [2.05, 4.69) is 4.98 Å². The Morgan fingerprint density at radius 2 is 2.15 bits per heavy atom. The minimum Gasteiger partial charge on any atom is -0.475 e. The maximum absolute atomic E-state index is 11.2. The van der Waals surface area contributed by atoms with Crippen LogP contribution in [0.4, 0.5) is 5.69 Å². The smallest absolute Gasteiger partial charge is 0.373 e. The molecule has 5 nitrogen and oxygen atoms in total. The van der Waals surface area contributed by atoms with E-state index in [9.17, 15) is 4.79 Å². The molecule has 0 aliphatic heterocycles. The standard InChI is InChI=1S/C15H18N2O3/c1-4-6-12-13(15(18)19)20-14(16-12)10-7-5-8-11(9-10)17(2)3/h5,7-9H,4,6H2,1-3H3,(H,18,19). The number of hydrogen-bond donors (Lipinski definition) is 1. The van der Waals surface area contributed by atoms with Gasteiger partial charge in [0.25, 0.3) is 0 Å². The first-order valence-electron chi connectivity index (χ1n) is 6.53. The summed E-state index contributed by atoms with van der Waals surface area (Å²) in [6.07, 6.45) is 1.42. The Morgan fingerprint density at radius 1 is 1.40 bits per heavy atom. The van der Waals surface area contributed by atoms with Crippen LogP contribution in [0.2, 0.25) is 0 Å². The van der Waals surface area contributed by atoms with Gasteiger partial charge >= 0.3 is 5.97 Å². The number of benzene rings is 1. The van der Waals surface area contributed by atoms with Gasteiger partial charge in [0.1, 0.15) is 0 Å². The van der Waals surface area contributed by atoms with E-state index in [-0.39, 0.29) is 5.76 Å². The molecule has 2 aromatic rings. The highest BCUT2D eigenvalue weighted by molar-refractivity contribution is 5.86. The summed E-state index contributed by atoms with van der Waals surface area (Å²) in [5.41, 5.74) is 2.29. The van der Waals surface area contributed by atoms with Crippen molar-refractivity contribution >= 4 is 11.7 Å². The van der Waals surface area contributed by atoms with Crippen molar-refractivity contribution in [2.24, 2.45) is 0 Å². The number of aromatic carboxylic acids is 1. The maximum Gasteiger partial charge on any atom is 0.373 e. The number of oxazole rings is 1. The van der Waals surface area contributed by atoms with Gasteiger partial charge in [-0.3, -0.25) is 0 Å². The molecule has 0 aliphatic rings. The van der Waals surface area contributed by atoms with Gasteiger partial charge in [-0.05, 0) is 24.6 Å². The quantitative estimate of drug-likeness (QED) is 0.907. The number of hydrogen-bond acceptors (Lipinski definition) is 4. The molecule has 1 aromatic heterocycles. The van der Waals surface area contributed by atoms with Crippen molar-refractivity contribution in [1.29, 1.82) is 0 Å². The van der Waals surface area contributed by atoms with Crippen molar-refractivity contribution in [3.8, 4) is 11.5 Å². The molecule has 0 aliphatic carbocycles. The number of aromatic nitrogens is 1. The van der Waals surface area contributed by atoms with Gasteiger partial charge in [0.2, 0.25) is 11.7 Å². The summed E-state index contributed by atoms with van der Waals surface area (Å²) in [6, 6.07) is 7.65. The minimum atomic E-state index is -1.07. The molecular formula is C15H18N2O3. The maximum atomic E-state index is 11.2. The van der Waals surface area contributed by atoms with Crippen molar-refractivity contribution in [3.63, 3.8) is 0 Å². The highest BCUT2D eigenvalue weighted by atomic mass is 16.4. The molecule has 0 unspecified atom stereocenters. The van der Waals surface area contributed by atoms with Gasteiger partial charge < -0.3 is 14.4 Å². The van der Waals surface area contributed by atoms with Crippen LogP contribution in [-0.4, -0.2) is 30.2 Å². The molecule has 1 N–H and O–H groups in total. The minimum absolute atomic E-state index is 0.0582. The highest BCUT2D eigenvalue weighted by Gasteiger charge is 2.19. The molecule has 0 saturated heterocycles. The van der Waals surface area contributed by atoms with Crippen molar-refractivity contribution < 1.29 is 14.3 Å². The summed E-state index contributed by atoms with van der Waals surface area (Å²) in [7, 11) is 3.89. The highest BCUT2D eigenvalue weighted by Crippen LogP contribution is 2.26. The normalized spacial score (nSPS) is 10.6. The lowest BCUT2D eigenvalue weighted by molar-refractivity contribution is 0.0661. The third kappa shape index (κ3) is 2.82. The molecule has 0 radical (unpaired) electrons. The zero-order valence-electron chi connectivity index (χ0n) is 11.9. The third-order valence-electron chi connectivity index (χ3n) is 2.99. The van der Waals surface area contributed by atoms with Gasteiger partial charge in [-0.2, -0.15) is 0 Å². The van der Waals surface area contributed by atoms with Crippen LogP contribution < -0.4 is 4.90 Å². The lowest BCUT2D eigenvalue weighted by Crippen LogP contribution is -2.08. The second kappa shape index (κ2) is 5.77. The predicted molar refractivity (Wildman–Crippen MR) is 77.2 cm³/mol. The van der Waals surface area contributed by atoms with Gasteiger partial charge in [0, 0.05) is 25.3 Å². The third-order valence-corrected chi connectivity index (χ3v) is 2.99. The molecule has 0 amide bonds. The molecule has 0 atom stereocenters. The molecule has 20 heavy (non-hydrogen) atoms. The molecule has 5 heteroatoms. The lowest BCUT2D eigenvalue weighted by Gasteiger charge is -2.12. The molecule has 0 saturated carbocycles. The number of anilines is 1. The van der Waals surface area contributed by atoms with E-state index in [4.69, 9.17) is 9.52 Å². The number of carboxylic acids is 1. The summed E-state index contributed by atoms with van der Waals surface area (Å²) in [5.74, 6) is -0.775. The average molecular weight is 274 g/mol. The van der Waals surface area contributed by atoms with E-state index < -0.39 is 5.97 Å². The fourth-order valence-electron chi connectivity index (χ4n) is 1.97. The molecular weight excluding hydrogens is 256 g/mol. The number of aryl methyl sites for hydroxylation is 1. The van der Waals surface area contributed by atoms with Crippen molar-refractivity contribution in [2.75, 3.05) is 19.0 Å². The Kier molecular flexibility index (Phi) is 4.08. The summed E-state index contributed by atoms with van der Waals surface area (Å²) in [5, 5.41) is 9.15. The van der Waals surface area contributed by atoms with E-state index in [0.29, 0.717) is 18.0 Å². The van der Waals surface area contributed by atoms with Gasteiger partial charge in [-0.15, -0.1) is 0 Å².